The molecule has 55 heavy (non-hydrogen) atoms. The molecule has 11 nitrogen and oxygen atoms in total. The van der Waals surface area contributed by atoms with Gasteiger partial charge in [-0.1, -0.05) is 32.0 Å². The molecular weight excluding hydrogens is 753 g/mol. The van der Waals surface area contributed by atoms with Crippen LogP contribution in [0.1, 0.15) is 91.9 Å². The third kappa shape index (κ3) is 6.23. The predicted molar refractivity (Wildman–Crippen MR) is 187 cm³/mol. The molecule has 2 unspecified atom stereocenters. The van der Waals surface area contributed by atoms with Crippen LogP contribution in [0, 0.1) is 11.6 Å². The topological polar surface area (TPSA) is 123 Å². The molecule has 0 bridgehead atoms. The number of carbonyl (C=O) groups is 3. The maximum atomic E-state index is 16.3. The average molecular weight is 792 g/mol. The lowest BCUT2D eigenvalue weighted by molar-refractivity contribution is -0.139. The SMILES string of the molecule is CCC(=O)N1CCN(C(=O)CCCN2c3cc4c(cc3C(C)CC2(C)C)C2(OC(=O)c3ccccc32)c2cc(F)c(OS(=O)(=O)C(F)(F)F)c(F)c2O4)CC1. The molecule has 4 heterocycles. The van der Waals surface area contributed by atoms with Crippen LogP contribution in [-0.2, 0) is 30.0 Å². The maximum absolute atomic E-state index is 16.3. The molecule has 0 N–H and O–H groups in total. The number of hydrogen-bond acceptors (Lipinski definition) is 9. The standard InChI is InChI=1S/C38H38F5N3O8S/c1-5-30(47)44-13-15-45(16-14-44)31(48)11-8-12-46-28-19-29-25(17-23(28)21(2)20-36(46,3)4)37(24-10-7-6-9-22(24)35(49)53-37)26-18-27(39)34(32(40)33(26)52-29)54-55(50,51)38(41,42)43/h6-7,9-10,17-19,21H,5,8,11-16,20H2,1-4H3. The summed E-state index contributed by atoms with van der Waals surface area (Å²) in [5.41, 5.74) is -7.10. The van der Waals surface area contributed by atoms with Crippen molar-refractivity contribution in [1.82, 2.24) is 9.80 Å². The van der Waals surface area contributed by atoms with Crippen molar-refractivity contribution in [3.05, 3.63) is 81.9 Å². The van der Waals surface area contributed by atoms with Crippen LogP contribution in [0.2, 0.25) is 0 Å². The van der Waals surface area contributed by atoms with Crippen molar-refractivity contribution in [2.45, 2.75) is 75.9 Å². The number of halogens is 5. The number of alkyl halides is 3. The molecule has 0 saturated carbocycles. The lowest BCUT2D eigenvalue weighted by Gasteiger charge is -2.49. The number of nitrogens with zero attached hydrogens (tertiary/aromatic N) is 3. The molecule has 1 saturated heterocycles. The summed E-state index contributed by atoms with van der Waals surface area (Å²) in [5.74, 6) is -7.50. The van der Waals surface area contributed by atoms with E-state index < -0.39 is 61.4 Å². The van der Waals surface area contributed by atoms with Crippen molar-refractivity contribution in [2.24, 2.45) is 0 Å². The Morgan fingerprint density at radius 3 is 2.27 bits per heavy atom. The number of esters is 1. The zero-order valence-corrected chi connectivity index (χ0v) is 31.2. The highest BCUT2D eigenvalue weighted by atomic mass is 32.2. The summed E-state index contributed by atoms with van der Waals surface area (Å²) < 4.78 is 111. The predicted octanol–water partition coefficient (Wildman–Crippen LogP) is 6.71. The van der Waals surface area contributed by atoms with Crippen LogP contribution >= 0.6 is 0 Å². The fraction of sp³-hybridized carbons (Fsp3) is 0.447. The largest absolute Gasteiger partial charge is 0.534 e. The van der Waals surface area contributed by atoms with E-state index >= 15 is 8.78 Å². The van der Waals surface area contributed by atoms with Crippen LogP contribution in [0.25, 0.3) is 0 Å². The van der Waals surface area contributed by atoms with Gasteiger partial charge in [-0.15, -0.1) is 0 Å². The van der Waals surface area contributed by atoms with Crippen LogP contribution < -0.4 is 13.8 Å². The molecule has 17 heteroatoms. The second kappa shape index (κ2) is 13.4. The molecule has 3 aromatic carbocycles. The molecular formula is C38H38F5N3O8S. The zero-order valence-electron chi connectivity index (χ0n) is 30.4. The van der Waals surface area contributed by atoms with Crippen molar-refractivity contribution in [2.75, 3.05) is 37.6 Å². The van der Waals surface area contributed by atoms with E-state index in [1.807, 2.05) is 20.8 Å². The van der Waals surface area contributed by atoms with Crippen LogP contribution in [-0.4, -0.2) is 79.8 Å². The van der Waals surface area contributed by atoms with Crippen molar-refractivity contribution < 1.29 is 58.4 Å². The number of benzene rings is 3. The number of carbonyl (C=O) groups excluding carboxylic acids is 3. The Morgan fingerprint density at radius 1 is 0.964 bits per heavy atom. The van der Waals surface area contributed by atoms with Gasteiger partial charge < -0.3 is 28.4 Å². The van der Waals surface area contributed by atoms with Crippen molar-refractivity contribution in [1.29, 1.82) is 0 Å². The Morgan fingerprint density at radius 2 is 1.62 bits per heavy atom. The average Bonchev–Trinajstić information content (AvgIpc) is 3.42. The van der Waals surface area contributed by atoms with Gasteiger partial charge in [0.15, 0.2) is 17.2 Å². The van der Waals surface area contributed by atoms with Crippen molar-refractivity contribution in [3.8, 4) is 17.2 Å². The first-order chi connectivity index (χ1) is 25.8. The van der Waals surface area contributed by atoms with Gasteiger partial charge in [-0.3, -0.25) is 9.59 Å². The number of rotatable bonds is 7. The minimum Gasteiger partial charge on any atom is -0.453 e. The maximum Gasteiger partial charge on any atom is 0.534 e. The molecule has 2 atom stereocenters. The zero-order chi connectivity index (χ0) is 39.8. The Kier molecular flexibility index (Phi) is 9.33. The lowest BCUT2D eigenvalue weighted by atomic mass is 9.74. The first kappa shape index (κ1) is 38.3. The molecule has 0 radical (unpaired) electrons. The number of anilines is 1. The highest BCUT2D eigenvalue weighted by molar-refractivity contribution is 7.88. The van der Waals surface area contributed by atoms with Crippen LogP contribution in [0.15, 0.2) is 42.5 Å². The normalized spacial score (nSPS) is 21.3. The summed E-state index contributed by atoms with van der Waals surface area (Å²) in [6.45, 7) is 10.1. The third-order valence-electron chi connectivity index (χ3n) is 10.9. The second-order valence-corrected chi connectivity index (χ2v) is 16.3. The number of ether oxygens (including phenoxy) is 2. The summed E-state index contributed by atoms with van der Waals surface area (Å²) in [6.07, 6.45) is 1.72. The van der Waals surface area contributed by atoms with Crippen molar-refractivity contribution in [3.63, 3.8) is 0 Å². The first-order valence-corrected chi connectivity index (χ1v) is 19.3. The highest BCUT2D eigenvalue weighted by Crippen LogP contribution is 2.60. The van der Waals surface area contributed by atoms with Crippen LogP contribution in [0.5, 0.6) is 17.2 Å². The van der Waals surface area contributed by atoms with E-state index in [1.165, 1.54) is 12.1 Å². The summed E-state index contributed by atoms with van der Waals surface area (Å²) in [4.78, 5) is 44.3. The summed E-state index contributed by atoms with van der Waals surface area (Å²) in [7, 11) is -6.51. The second-order valence-electron chi connectivity index (χ2n) is 14.8. The summed E-state index contributed by atoms with van der Waals surface area (Å²) >= 11 is 0. The van der Waals surface area contributed by atoms with E-state index in [9.17, 15) is 36.0 Å². The van der Waals surface area contributed by atoms with E-state index in [4.69, 9.17) is 9.47 Å². The minimum atomic E-state index is -6.51. The molecule has 2 amide bonds. The van der Waals surface area contributed by atoms with Gasteiger partial charge in [-0.25, -0.2) is 9.18 Å². The Bertz CT molecular complexity index is 2220. The number of amides is 2. The van der Waals surface area contributed by atoms with Gasteiger partial charge in [-0.05, 0) is 56.4 Å². The Balaban J connectivity index is 1.28. The Hall–Kier alpha value is -4.93. The van der Waals surface area contributed by atoms with Crippen LogP contribution in [0.4, 0.5) is 27.6 Å². The molecule has 0 aliphatic carbocycles. The van der Waals surface area contributed by atoms with E-state index in [1.54, 1.807) is 41.0 Å². The smallest absolute Gasteiger partial charge is 0.453 e. The molecule has 294 valence electrons. The molecule has 7 rings (SSSR count). The molecule has 1 fully saturated rings. The molecule has 0 aromatic heterocycles. The summed E-state index contributed by atoms with van der Waals surface area (Å²) in [5, 5.41) is 0. The van der Waals surface area contributed by atoms with E-state index in [-0.39, 0.29) is 46.6 Å². The first-order valence-electron chi connectivity index (χ1n) is 17.9. The minimum absolute atomic E-state index is 0.0428. The van der Waals surface area contributed by atoms with Gasteiger partial charge >= 0.3 is 21.6 Å². The van der Waals surface area contributed by atoms with Gasteiger partial charge in [0.05, 0.1) is 11.1 Å². The Labute approximate surface area is 314 Å². The van der Waals surface area contributed by atoms with Crippen LogP contribution in [0.3, 0.4) is 0 Å². The highest BCUT2D eigenvalue weighted by Gasteiger charge is 2.56. The number of fused-ring (bicyclic) bond motifs is 7. The third-order valence-corrected chi connectivity index (χ3v) is 11.9. The quantitative estimate of drug-likeness (QED) is 0.111. The molecule has 3 aromatic rings. The fourth-order valence-electron chi connectivity index (χ4n) is 8.32. The fourth-order valence-corrected chi connectivity index (χ4v) is 8.79. The number of hydrogen-bond donors (Lipinski definition) is 0. The van der Waals surface area contributed by atoms with E-state index in [0.717, 1.165) is 5.56 Å². The van der Waals surface area contributed by atoms with Gasteiger partial charge in [-0.2, -0.15) is 26.0 Å². The monoisotopic (exact) mass is 791 g/mol. The van der Waals surface area contributed by atoms with Gasteiger partial charge in [0.25, 0.3) is 0 Å². The molecule has 1 spiro atoms. The molecule has 4 aliphatic rings. The summed E-state index contributed by atoms with van der Waals surface area (Å²) in [6, 6.07) is 9.98. The lowest BCUT2D eigenvalue weighted by Crippen LogP contribution is -2.51. The van der Waals surface area contributed by atoms with Gasteiger partial charge in [0.1, 0.15) is 5.75 Å². The van der Waals surface area contributed by atoms with Gasteiger partial charge in [0, 0.05) is 74.0 Å². The van der Waals surface area contributed by atoms with E-state index in [0.29, 0.717) is 63.7 Å². The van der Waals surface area contributed by atoms with Crippen molar-refractivity contribution >= 4 is 33.6 Å². The van der Waals surface area contributed by atoms with Gasteiger partial charge in [0.2, 0.25) is 23.4 Å². The molecule has 4 aliphatic heterocycles. The number of piperazine rings is 1. The van der Waals surface area contributed by atoms with E-state index in [2.05, 4.69) is 9.08 Å².